The van der Waals surface area contributed by atoms with Crippen molar-refractivity contribution in [3.8, 4) is 5.75 Å². The van der Waals surface area contributed by atoms with Crippen LogP contribution in [0.3, 0.4) is 0 Å². The van der Waals surface area contributed by atoms with Crippen LogP contribution in [0.4, 0.5) is 0 Å². The van der Waals surface area contributed by atoms with Gasteiger partial charge in [-0.25, -0.2) is 0 Å². The lowest BCUT2D eigenvalue weighted by molar-refractivity contribution is -0.142. The fraction of sp³-hybridized carbons (Fsp3) is 0.462. The Bertz CT molecular complexity index is 347. The van der Waals surface area contributed by atoms with Crippen LogP contribution in [0.2, 0.25) is 0 Å². The van der Waals surface area contributed by atoms with Crippen molar-refractivity contribution in [1.82, 2.24) is 0 Å². The van der Waals surface area contributed by atoms with E-state index < -0.39 is 0 Å². The molecule has 0 N–H and O–H groups in total. The molecule has 0 fully saturated rings. The van der Waals surface area contributed by atoms with Crippen LogP contribution >= 0.6 is 0 Å². The predicted octanol–water partition coefficient (Wildman–Crippen LogP) is 2.75. The maximum absolute atomic E-state index is 11.6. The molecule has 3 heteroatoms. The Labute approximate surface area is 96.4 Å². The van der Waals surface area contributed by atoms with Gasteiger partial charge in [0, 0.05) is 0 Å². The Morgan fingerprint density at radius 3 is 2.69 bits per heavy atom. The molecule has 1 aromatic carbocycles. The zero-order valence-electron chi connectivity index (χ0n) is 10.0. The Hall–Kier alpha value is -1.51. The van der Waals surface area contributed by atoms with E-state index in [0.717, 1.165) is 24.2 Å². The third-order valence-electron chi connectivity index (χ3n) is 2.56. The number of rotatable bonds is 5. The molecular weight excluding hydrogens is 204 g/mol. The summed E-state index contributed by atoms with van der Waals surface area (Å²) in [6.45, 7) is 2.05. The first-order valence-corrected chi connectivity index (χ1v) is 5.44. The van der Waals surface area contributed by atoms with Crippen LogP contribution in [-0.4, -0.2) is 20.2 Å². The van der Waals surface area contributed by atoms with Crippen molar-refractivity contribution in [2.45, 2.75) is 25.7 Å². The third kappa shape index (κ3) is 2.99. The smallest absolute Gasteiger partial charge is 0.313 e. The van der Waals surface area contributed by atoms with E-state index in [4.69, 9.17) is 9.47 Å². The summed E-state index contributed by atoms with van der Waals surface area (Å²) in [5.41, 5.74) is 0.952. The summed E-state index contributed by atoms with van der Waals surface area (Å²) < 4.78 is 9.96. The molecule has 1 aromatic rings. The van der Waals surface area contributed by atoms with Gasteiger partial charge in [0.15, 0.2) is 0 Å². The number of hydrogen-bond donors (Lipinski definition) is 0. The quantitative estimate of drug-likeness (QED) is 0.719. The molecule has 0 saturated carbocycles. The van der Waals surface area contributed by atoms with Gasteiger partial charge in [0.05, 0.1) is 20.1 Å². The van der Waals surface area contributed by atoms with Gasteiger partial charge < -0.3 is 9.47 Å². The first-order chi connectivity index (χ1) is 7.72. The van der Waals surface area contributed by atoms with E-state index in [1.165, 1.54) is 7.11 Å². The van der Waals surface area contributed by atoms with E-state index in [9.17, 15) is 4.79 Å². The van der Waals surface area contributed by atoms with E-state index in [2.05, 4.69) is 6.92 Å². The SMILES string of the molecule is CCCC(C(=O)OC)c1cccc(OC)c1. The van der Waals surface area contributed by atoms with Crippen molar-refractivity contribution < 1.29 is 14.3 Å². The number of methoxy groups -OCH3 is 2. The summed E-state index contributed by atoms with van der Waals surface area (Å²) in [7, 11) is 3.04. The lowest BCUT2D eigenvalue weighted by Gasteiger charge is -2.14. The lowest BCUT2D eigenvalue weighted by atomic mass is 9.94. The highest BCUT2D eigenvalue weighted by molar-refractivity contribution is 5.78. The number of carbonyl (C=O) groups excluding carboxylic acids is 1. The summed E-state index contributed by atoms with van der Waals surface area (Å²) in [6.07, 6.45) is 1.73. The van der Waals surface area contributed by atoms with Gasteiger partial charge in [-0.1, -0.05) is 25.5 Å². The first-order valence-electron chi connectivity index (χ1n) is 5.44. The van der Waals surface area contributed by atoms with E-state index in [1.54, 1.807) is 7.11 Å². The molecule has 0 aliphatic rings. The molecule has 0 bridgehead atoms. The highest BCUT2D eigenvalue weighted by Gasteiger charge is 2.20. The number of hydrogen-bond acceptors (Lipinski definition) is 3. The van der Waals surface area contributed by atoms with Crippen LogP contribution in [0.1, 0.15) is 31.2 Å². The molecule has 0 aromatic heterocycles. The molecule has 16 heavy (non-hydrogen) atoms. The minimum atomic E-state index is -0.190. The summed E-state index contributed by atoms with van der Waals surface area (Å²) in [6, 6.07) is 7.57. The lowest BCUT2D eigenvalue weighted by Crippen LogP contribution is -2.14. The van der Waals surface area contributed by atoms with E-state index in [-0.39, 0.29) is 11.9 Å². The summed E-state index contributed by atoms with van der Waals surface area (Å²) in [5.74, 6) is 0.391. The third-order valence-corrected chi connectivity index (χ3v) is 2.56. The molecule has 0 heterocycles. The van der Waals surface area contributed by atoms with Crippen molar-refractivity contribution >= 4 is 5.97 Å². The molecule has 1 rings (SSSR count). The topological polar surface area (TPSA) is 35.5 Å². The zero-order valence-corrected chi connectivity index (χ0v) is 10.0. The second-order valence-corrected chi connectivity index (χ2v) is 3.64. The summed E-state index contributed by atoms with van der Waals surface area (Å²) >= 11 is 0. The fourth-order valence-corrected chi connectivity index (χ4v) is 1.71. The molecule has 1 atom stereocenters. The van der Waals surface area contributed by atoms with Crippen molar-refractivity contribution in [1.29, 1.82) is 0 Å². The highest BCUT2D eigenvalue weighted by Crippen LogP contribution is 2.25. The van der Waals surface area contributed by atoms with E-state index in [0.29, 0.717) is 0 Å². The maximum atomic E-state index is 11.6. The van der Waals surface area contributed by atoms with Crippen molar-refractivity contribution in [3.63, 3.8) is 0 Å². The van der Waals surface area contributed by atoms with Crippen LogP contribution in [0, 0.1) is 0 Å². The molecule has 0 saturated heterocycles. The van der Waals surface area contributed by atoms with Gasteiger partial charge in [-0.2, -0.15) is 0 Å². The highest BCUT2D eigenvalue weighted by atomic mass is 16.5. The van der Waals surface area contributed by atoms with Gasteiger partial charge in [-0.15, -0.1) is 0 Å². The molecule has 0 aliphatic carbocycles. The molecular formula is C13H18O3. The minimum Gasteiger partial charge on any atom is -0.497 e. The van der Waals surface area contributed by atoms with Crippen molar-refractivity contribution in [2.75, 3.05) is 14.2 Å². The number of benzene rings is 1. The van der Waals surface area contributed by atoms with Crippen LogP contribution in [0.15, 0.2) is 24.3 Å². The Balaban J connectivity index is 2.95. The molecule has 88 valence electrons. The van der Waals surface area contributed by atoms with Gasteiger partial charge >= 0.3 is 5.97 Å². The van der Waals surface area contributed by atoms with Gasteiger partial charge in [-0.3, -0.25) is 4.79 Å². The molecule has 1 unspecified atom stereocenters. The number of esters is 1. The van der Waals surface area contributed by atoms with Gasteiger partial charge in [0.2, 0.25) is 0 Å². The van der Waals surface area contributed by atoms with Crippen LogP contribution < -0.4 is 4.74 Å². The average molecular weight is 222 g/mol. The van der Waals surface area contributed by atoms with Crippen molar-refractivity contribution in [3.05, 3.63) is 29.8 Å². The second kappa shape index (κ2) is 6.16. The largest absolute Gasteiger partial charge is 0.497 e. The van der Waals surface area contributed by atoms with Gasteiger partial charge in [0.25, 0.3) is 0 Å². The molecule has 0 aliphatic heterocycles. The predicted molar refractivity (Wildman–Crippen MR) is 62.7 cm³/mol. The Morgan fingerprint density at radius 1 is 1.38 bits per heavy atom. The molecule has 0 radical (unpaired) electrons. The zero-order chi connectivity index (χ0) is 12.0. The normalized spacial score (nSPS) is 11.9. The van der Waals surface area contributed by atoms with Crippen LogP contribution in [0.25, 0.3) is 0 Å². The first kappa shape index (κ1) is 12.6. The fourth-order valence-electron chi connectivity index (χ4n) is 1.71. The van der Waals surface area contributed by atoms with Gasteiger partial charge in [-0.05, 0) is 24.1 Å². The van der Waals surface area contributed by atoms with Crippen molar-refractivity contribution in [2.24, 2.45) is 0 Å². The Kier molecular flexibility index (Phi) is 4.83. The summed E-state index contributed by atoms with van der Waals surface area (Å²) in [4.78, 5) is 11.6. The molecule has 0 amide bonds. The summed E-state index contributed by atoms with van der Waals surface area (Å²) in [5, 5.41) is 0. The maximum Gasteiger partial charge on any atom is 0.313 e. The molecule has 0 spiro atoms. The number of ether oxygens (including phenoxy) is 2. The second-order valence-electron chi connectivity index (χ2n) is 3.64. The van der Waals surface area contributed by atoms with E-state index in [1.807, 2.05) is 24.3 Å². The standard InChI is InChI=1S/C13H18O3/c1-4-6-12(13(14)16-3)10-7-5-8-11(9-10)15-2/h5,7-9,12H,4,6H2,1-3H3. The minimum absolute atomic E-state index is 0.185. The molecule has 3 nitrogen and oxygen atoms in total. The Morgan fingerprint density at radius 2 is 2.12 bits per heavy atom. The monoisotopic (exact) mass is 222 g/mol. The van der Waals surface area contributed by atoms with Gasteiger partial charge in [0.1, 0.15) is 5.75 Å². The number of carbonyl (C=O) groups is 1. The average Bonchev–Trinajstić information content (AvgIpc) is 2.35. The van der Waals surface area contributed by atoms with Crippen LogP contribution in [0.5, 0.6) is 5.75 Å². The van der Waals surface area contributed by atoms with E-state index >= 15 is 0 Å². The van der Waals surface area contributed by atoms with Crippen LogP contribution in [-0.2, 0) is 9.53 Å².